The average molecular weight is 183 g/mol. The van der Waals surface area contributed by atoms with Crippen molar-refractivity contribution in [1.29, 1.82) is 0 Å². The van der Waals surface area contributed by atoms with Gasteiger partial charge in [0.05, 0.1) is 13.5 Å². The van der Waals surface area contributed by atoms with E-state index in [4.69, 9.17) is 5.73 Å². The molecule has 3 aliphatic carbocycles. The summed E-state index contributed by atoms with van der Waals surface area (Å²) in [6.07, 6.45) is 5.06. The van der Waals surface area contributed by atoms with Gasteiger partial charge in [-0.3, -0.25) is 4.79 Å². The zero-order chi connectivity index (χ0) is 9.47. The summed E-state index contributed by atoms with van der Waals surface area (Å²) >= 11 is 0. The molecular formula is C10H17NO2. The molecule has 3 heteroatoms. The number of carbonyl (C=O) groups excluding carboxylic acids is 1. The monoisotopic (exact) mass is 183 g/mol. The van der Waals surface area contributed by atoms with E-state index in [0.717, 1.165) is 12.3 Å². The highest BCUT2D eigenvalue weighted by Gasteiger charge is 2.48. The third-order valence-corrected chi connectivity index (χ3v) is 3.77. The first-order valence-corrected chi connectivity index (χ1v) is 5.00. The molecule has 0 aromatic rings. The number of methoxy groups -OCH3 is 1. The summed E-state index contributed by atoms with van der Waals surface area (Å²) in [5, 5.41) is 0. The lowest BCUT2D eigenvalue weighted by Gasteiger charge is -2.52. The Balaban J connectivity index is 1.98. The van der Waals surface area contributed by atoms with Gasteiger partial charge in [0, 0.05) is 5.54 Å². The standard InChI is InChI=1S/C10H17NO2/c1-13-9(12)6-10(11)3-2-7-4-8(10)5-7/h7-8H,2-6,11H2,1H3. The van der Waals surface area contributed by atoms with Gasteiger partial charge in [0.1, 0.15) is 0 Å². The third-order valence-electron chi connectivity index (χ3n) is 3.77. The van der Waals surface area contributed by atoms with E-state index in [-0.39, 0.29) is 11.5 Å². The van der Waals surface area contributed by atoms with Crippen LogP contribution in [0.25, 0.3) is 0 Å². The van der Waals surface area contributed by atoms with Crippen LogP contribution < -0.4 is 5.73 Å². The van der Waals surface area contributed by atoms with E-state index in [9.17, 15) is 4.79 Å². The Morgan fingerprint density at radius 1 is 1.62 bits per heavy atom. The van der Waals surface area contributed by atoms with Gasteiger partial charge >= 0.3 is 5.97 Å². The van der Waals surface area contributed by atoms with Crippen LogP contribution in [-0.4, -0.2) is 18.6 Å². The number of nitrogens with two attached hydrogens (primary N) is 1. The highest BCUT2D eigenvalue weighted by atomic mass is 16.5. The smallest absolute Gasteiger partial charge is 0.307 e. The predicted molar refractivity (Wildman–Crippen MR) is 49.0 cm³/mol. The van der Waals surface area contributed by atoms with Crippen molar-refractivity contribution in [3.63, 3.8) is 0 Å². The normalized spacial score (nSPS) is 42.3. The summed E-state index contributed by atoms with van der Waals surface area (Å²) in [6.45, 7) is 0. The molecule has 3 nitrogen and oxygen atoms in total. The van der Waals surface area contributed by atoms with Crippen LogP contribution in [0.2, 0.25) is 0 Å². The van der Waals surface area contributed by atoms with E-state index < -0.39 is 0 Å². The van der Waals surface area contributed by atoms with Crippen LogP contribution in [0, 0.1) is 11.8 Å². The molecule has 0 radical (unpaired) electrons. The van der Waals surface area contributed by atoms with E-state index >= 15 is 0 Å². The van der Waals surface area contributed by atoms with Crippen molar-refractivity contribution in [2.75, 3.05) is 7.11 Å². The lowest BCUT2D eigenvalue weighted by Crippen LogP contribution is -2.57. The Morgan fingerprint density at radius 2 is 2.31 bits per heavy atom. The van der Waals surface area contributed by atoms with Gasteiger partial charge in [-0.05, 0) is 37.5 Å². The van der Waals surface area contributed by atoms with Crippen LogP contribution in [0.4, 0.5) is 0 Å². The molecule has 0 aromatic carbocycles. The number of ether oxygens (including phenoxy) is 1. The summed E-state index contributed by atoms with van der Waals surface area (Å²) < 4.78 is 4.66. The Labute approximate surface area is 78.6 Å². The molecule has 0 saturated heterocycles. The quantitative estimate of drug-likeness (QED) is 0.651. The maximum Gasteiger partial charge on any atom is 0.307 e. The largest absolute Gasteiger partial charge is 0.469 e. The Kier molecular flexibility index (Phi) is 2.06. The van der Waals surface area contributed by atoms with Gasteiger partial charge in [-0.1, -0.05) is 0 Å². The minimum Gasteiger partial charge on any atom is -0.469 e. The van der Waals surface area contributed by atoms with Crippen molar-refractivity contribution in [2.24, 2.45) is 17.6 Å². The van der Waals surface area contributed by atoms with Crippen LogP contribution in [0.3, 0.4) is 0 Å². The molecule has 0 amide bonds. The summed E-state index contributed by atoms with van der Waals surface area (Å²) in [6, 6.07) is 0. The zero-order valence-corrected chi connectivity index (χ0v) is 8.08. The number of fused-ring (bicyclic) bond motifs is 2. The second-order valence-corrected chi connectivity index (χ2v) is 4.56. The fourth-order valence-electron chi connectivity index (χ4n) is 2.69. The maximum absolute atomic E-state index is 11.1. The molecule has 2 N–H and O–H groups in total. The molecule has 3 fully saturated rings. The van der Waals surface area contributed by atoms with Crippen molar-refractivity contribution in [3.8, 4) is 0 Å². The predicted octanol–water partition coefficient (Wildman–Crippen LogP) is 1.07. The van der Waals surface area contributed by atoms with Gasteiger partial charge in [-0.2, -0.15) is 0 Å². The van der Waals surface area contributed by atoms with E-state index in [0.29, 0.717) is 12.3 Å². The topological polar surface area (TPSA) is 52.3 Å². The second-order valence-electron chi connectivity index (χ2n) is 4.56. The molecule has 74 valence electrons. The van der Waals surface area contributed by atoms with Gasteiger partial charge in [0.15, 0.2) is 0 Å². The number of rotatable bonds is 2. The van der Waals surface area contributed by atoms with Crippen molar-refractivity contribution in [3.05, 3.63) is 0 Å². The first kappa shape index (κ1) is 9.00. The lowest BCUT2D eigenvalue weighted by molar-refractivity contribution is -0.144. The van der Waals surface area contributed by atoms with Crippen LogP contribution in [0.1, 0.15) is 32.1 Å². The molecule has 3 saturated carbocycles. The minimum absolute atomic E-state index is 0.159. The van der Waals surface area contributed by atoms with E-state index in [1.54, 1.807) is 0 Å². The molecule has 2 bridgehead atoms. The van der Waals surface area contributed by atoms with E-state index in [1.165, 1.54) is 26.4 Å². The van der Waals surface area contributed by atoms with Gasteiger partial charge < -0.3 is 10.5 Å². The molecule has 3 rings (SSSR count). The molecule has 0 spiro atoms. The number of carbonyl (C=O) groups is 1. The number of hydrogen-bond acceptors (Lipinski definition) is 3. The van der Waals surface area contributed by atoms with Gasteiger partial charge in [-0.25, -0.2) is 0 Å². The van der Waals surface area contributed by atoms with E-state index in [1.807, 2.05) is 0 Å². The fraction of sp³-hybridized carbons (Fsp3) is 0.900. The van der Waals surface area contributed by atoms with Crippen molar-refractivity contribution in [2.45, 2.75) is 37.6 Å². The molecule has 1 atom stereocenters. The second kappa shape index (κ2) is 2.98. The van der Waals surface area contributed by atoms with Gasteiger partial charge in [0.2, 0.25) is 0 Å². The summed E-state index contributed by atoms with van der Waals surface area (Å²) in [5.41, 5.74) is 5.97. The molecule has 3 aliphatic rings. The molecule has 13 heavy (non-hydrogen) atoms. The fourth-order valence-corrected chi connectivity index (χ4v) is 2.69. The summed E-state index contributed by atoms with van der Waals surface area (Å²) in [5.74, 6) is 1.32. The average Bonchev–Trinajstić information content (AvgIpc) is 2.01. The van der Waals surface area contributed by atoms with Crippen molar-refractivity contribution < 1.29 is 9.53 Å². The van der Waals surface area contributed by atoms with Crippen LogP contribution in [-0.2, 0) is 9.53 Å². The first-order valence-electron chi connectivity index (χ1n) is 5.00. The summed E-state index contributed by atoms with van der Waals surface area (Å²) in [7, 11) is 1.43. The molecular weight excluding hydrogens is 166 g/mol. The maximum atomic E-state index is 11.1. The Bertz CT molecular complexity index is 220. The zero-order valence-electron chi connectivity index (χ0n) is 8.08. The SMILES string of the molecule is COC(=O)CC1(N)CCC2CC1C2. The molecule has 0 aliphatic heterocycles. The van der Waals surface area contributed by atoms with Gasteiger partial charge in [0.25, 0.3) is 0 Å². The first-order chi connectivity index (χ1) is 6.14. The lowest BCUT2D eigenvalue weighted by atomic mass is 9.55. The highest BCUT2D eigenvalue weighted by Crippen LogP contribution is 2.51. The van der Waals surface area contributed by atoms with E-state index in [2.05, 4.69) is 4.74 Å². The van der Waals surface area contributed by atoms with Crippen LogP contribution in [0.5, 0.6) is 0 Å². The third kappa shape index (κ3) is 1.46. The molecule has 1 unspecified atom stereocenters. The van der Waals surface area contributed by atoms with Crippen LogP contribution in [0.15, 0.2) is 0 Å². The van der Waals surface area contributed by atoms with Crippen LogP contribution >= 0.6 is 0 Å². The van der Waals surface area contributed by atoms with Crippen molar-refractivity contribution >= 4 is 5.97 Å². The van der Waals surface area contributed by atoms with Crippen molar-refractivity contribution in [1.82, 2.24) is 0 Å². The number of hydrogen-bond donors (Lipinski definition) is 1. The number of esters is 1. The minimum atomic E-state index is -0.248. The Morgan fingerprint density at radius 3 is 2.77 bits per heavy atom. The summed E-state index contributed by atoms with van der Waals surface area (Å²) in [4.78, 5) is 11.1. The molecule has 0 heterocycles. The Hall–Kier alpha value is -0.570. The highest BCUT2D eigenvalue weighted by molar-refractivity contribution is 5.70. The van der Waals surface area contributed by atoms with Gasteiger partial charge in [-0.15, -0.1) is 0 Å². The molecule has 0 aromatic heterocycles.